The number of carbonyl (C=O) groups is 1. The molecule has 3 aromatic carbocycles. The first kappa shape index (κ1) is 23.5. The zero-order valence-corrected chi connectivity index (χ0v) is 19.3. The average Bonchev–Trinajstić information content (AvgIpc) is 3.38. The van der Waals surface area contributed by atoms with Crippen LogP contribution in [0.4, 0.5) is 13.2 Å². The van der Waals surface area contributed by atoms with Gasteiger partial charge < -0.3 is 14.6 Å². The van der Waals surface area contributed by atoms with Crippen LogP contribution < -0.4 is 9.47 Å². The van der Waals surface area contributed by atoms with Crippen LogP contribution in [0.1, 0.15) is 58.2 Å². The molecule has 35 heavy (non-hydrogen) atoms. The van der Waals surface area contributed by atoms with E-state index < -0.39 is 17.7 Å². The Labute approximate surface area is 205 Å². The Kier molecular flexibility index (Phi) is 6.13. The number of rotatable bonds is 6. The Morgan fingerprint density at radius 1 is 1.09 bits per heavy atom. The van der Waals surface area contributed by atoms with Gasteiger partial charge in [0.25, 0.3) is 0 Å². The molecule has 2 aliphatic rings. The Hall–Kier alpha value is -3.19. The van der Waals surface area contributed by atoms with Gasteiger partial charge in [-0.1, -0.05) is 35.9 Å². The number of ether oxygens (including phenoxy) is 2. The highest BCUT2D eigenvalue weighted by Gasteiger charge is 2.37. The zero-order valence-electron chi connectivity index (χ0n) is 18.6. The van der Waals surface area contributed by atoms with E-state index in [9.17, 15) is 18.0 Å². The van der Waals surface area contributed by atoms with Crippen LogP contribution in [0.15, 0.2) is 54.6 Å². The predicted octanol–water partition coefficient (Wildman–Crippen LogP) is 6.97. The average molecular weight is 503 g/mol. The number of aliphatic carboxylic acids is 1. The quantitative estimate of drug-likeness (QED) is 0.395. The van der Waals surface area contributed by atoms with Crippen molar-refractivity contribution in [2.24, 2.45) is 0 Å². The topological polar surface area (TPSA) is 55.8 Å². The first-order valence-electron chi connectivity index (χ1n) is 11.3. The molecule has 0 bridgehead atoms. The lowest BCUT2D eigenvalue weighted by Crippen LogP contribution is -2.13. The van der Waals surface area contributed by atoms with E-state index in [2.05, 4.69) is 0 Å². The van der Waals surface area contributed by atoms with Crippen LogP contribution in [0.3, 0.4) is 0 Å². The highest BCUT2D eigenvalue weighted by Crippen LogP contribution is 2.44. The fraction of sp³-hybridized carbons (Fsp3) is 0.296. The van der Waals surface area contributed by atoms with Gasteiger partial charge in [0, 0.05) is 22.6 Å². The molecule has 1 aliphatic heterocycles. The van der Waals surface area contributed by atoms with Crippen molar-refractivity contribution < 1.29 is 32.5 Å². The fourth-order valence-electron chi connectivity index (χ4n) is 5.01. The lowest BCUT2D eigenvalue weighted by molar-refractivity contribution is -0.138. The van der Waals surface area contributed by atoms with Crippen molar-refractivity contribution in [1.29, 1.82) is 0 Å². The van der Waals surface area contributed by atoms with Crippen molar-refractivity contribution in [2.75, 3.05) is 6.61 Å². The van der Waals surface area contributed by atoms with Gasteiger partial charge in [-0.2, -0.15) is 13.2 Å². The van der Waals surface area contributed by atoms with Crippen LogP contribution in [0.25, 0.3) is 0 Å². The molecule has 1 N–H and O–H groups in total. The van der Waals surface area contributed by atoms with Crippen LogP contribution in [0.2, 0.25) is 5.02 Å². The summed E-state index contributed by atoms with van der Waals surface area (Å²) < 4.78 is 53.4. The zero-order chi connectivity index (χ0) is 24.7. The third-order valence-corrected chi connectivity index (χ3v) is 6.89. The first-order chi connectivity index (χ1) is 16.7. The van der Waals surface area contributed by atoms with Gasteiger partial charge in [0.1, 0.15) is 17.6 Å². The molecule has 0 saturated carbocycles. The highest BCUT2D eigenvalue weighted by atomic mass is 35.5. The Balaban J connectivity index is 1.42. The monoisotopic (exact) mass is 502 g/mol. The van der Waals surface area contributed by atoms with E-state index in [1.54, 1.807) is 42.5 Å². The standard InChI is InChI=1S/C27H22ClF3O4/c28-17-3-1-15(2-4-17)11-22-20-8-10-24(21(20)7-9-23(22)27(29,30)31)35-18-5-6-19-16(12-26(32)33)14-34-25(19)13-18/h1-7,9,13,16,24H,8,10-12,14H2,(H,32,33)/t16?,24-/m1/s1. The number of hydrogen-bond donors (Lipinski definition) is 1. The summed E-state index contributed by atoms with van der Waals surface area (Å²) >= 11 is 5.94. The highest BCUT2D eigenvalue weighted by molar-refractivity contribution is 6.30. The maximum absolute atomic E-state index is 13.9. The van der Waals surface area contributed by atoms with Crippen LogP contribution in [0.5, 0.6) is 11.5 Å². The van der Waals surface area contributed by atoms with Gasteiger partial charge >= 0.3 is 12.1 Å². The Morgan fingerprint density at radius 3 is 2.54 bits per heavy atom. The number of hydrogen-bond acceptors (Lipinski definition) is 3. The summed E-state index contributed by atoms with van der Waals surface area (Å²) in [5.74, 6) is 0.0292. The SMILES string of the molecule is O=C(O)CC1COc2cc(O[C@@H]3CCc4c3ccc(C(F)(F)F)c4Cc3ccc(Cl)cc3)ccc21. The van der Waals surface area contributed by atoms with Crippen LogP contribution in [-0.2, 0) is 23.8 Å². The third-order valence-electron chi connectivity index (χ3n) is 6.63. The molecule has 0 aromatic heterocycles. The predicted molar refractivity (Wildman–Crippen MR) is 124 cm³/mol. The molecule has 3 aromatic rings. The van der Waals surface area contributed by atoms with Gasteiger partial charge in [-0.25, -0.2) is 0 Å². The summed E-state index contributed by atoms with van der Waals surface area (Å²) in [7, 11) is 0. The largest absolute Gasteiger partial charge is 0.492 e. The van der Waals surface area contributed by atoms with Crippen molar-refractivity contribution in [2.45, 2.75) is 43.9 Å². The number of carboxylic acids is 1. The second kappa shape index (κ2) is 9.11. The molecule has 182 valence electrons. The van der Waals surface area contributed by atoms with E-state index in [0.717, 1.165) is 22.8 Å². The molecule has 0 spiro atoms. The molecule has 5 rings (SSSR count). The Morgan fingerprint density at radius 2 is 1.83 bits per heavy atom. The number of halogens is 4. The fourth-order valence-corrected chi connectivity index (χ4v) is 5.14. The maximum atomic E-state index is 13.9. The summed E-state index contributed by atoms with van der Waals surface area (Å²) in [6, 6.07) is 14.8. The molecule has 2 atom stereocenters. The lowest BCUT2D eigenvalue weighted by atomic mass is 9.92. The third kappa shape index (κ3) is 4.82. The van der Waals surface area contributed by atoms with Gasteiger partial charge in [0.15, 0.2) is 0 Å². The molecule has 0 amide bonds. The lowest BCUT2D eigenvalue weighted by Gasteiger charge is -2.20. The first-order valence-corrected chi connectivity index (χ1v) is 11.7. The van der Waals surface area contributed by atoms with Crippen LogP contribution >= 0.6 is 11.6 Å². The van der Waals surface area contributed by atoms with E-state index in [1.165, 1.54) is 6.07 Å². The minimum absolute atomic E-state index is 0.0128. The van der Waals surface area contributed by atoms with E-state index in [-0.39, 0.29) is 30.4 Å². The normalized spacial score (nSPS) is 18.6. The Bertz CT molecular complexity index is 1270. The summed E-state index contributed by atoms with van der Waals surface area (Å²) in [5.41, 5.74) is 2.67. The van der Waals surface area contributed by atoms with Crippen molar-refractivity contribution >= 4 is 17.6 Å². The van der Waals surface area contributed by atoms with Gasteiger partial charge in [-0.15, -0.1) is 0 Å². The molecule has 1 aliphatic carbocycles. The maximum Gasteiger partial charge on any atom is 0.416 e. The molecular weight excluding hydrogens is 481 g/mol. The van der Waals surface area contributed by atoms with E-state index in [1.807, 2.05) is 0 Å². The molecule has 0 saturated heterocycles. The van der Waals surface area contributed by atoms with Crippen molar-refractivity contribution in [3.63, 3.8) is 0 Å². The van der Waals surface area contributed by atoms with E-state index in [0.29, 0.717) is 41.5 Å². The molecular formula is C27H22ClF3O4. The van der Waals surface area contributed by atoms with Crippen LogP contribution in [-0.4, -0.2) is 17.7 Å². The van der Waals surface area contributed by atoms with Crippen LogP contribution in [0, 0.1) is 0 Å². The van der Waals surface area contributed by atoms with Crippen molar-refractivity contribution in [3.8, 4) is 11.5 Å². The number of benzene rings is 3. The molecule has 8 heteroatoms. The number of fused-ring (bicyclic) bond motifs is 2. The van der Waals surface area contributed by atoms with E-state index >= 15 is 0 Å². The molecule has 1 heterocycles. The molecule has 1 unspecified atom stereocenters. The second-order valence-corrected chi connectivity index (χ2v) is 9.35. The smallest absolute Gasteiger partial charge is 0.416 e. The number of alkyl halides is 3. The van der Waals surface area contributed by atoms with Gasteiger partial charge in [-0.05, 0) is 65.8 Å². The van der Waals surface area contributed by atoms with Crippen molar-refractivity contribution in [1.82, 2.24) is 0 Å². The molecule has 0 fully saturated rings. The minimum atomic E-state index is -4.46. The van der Waals surface area contributed by atoms with Gasteiger partial charge in [-0.3, -0.25) is 4.79 Å². The summed E-state index contributed by atoms with van der Waals surface area (Å²) in [6.07, 6.45) is -3.66. The summed E-state index contributed by atoms with van der Waals surface area (Å²) in [4.78, 5) is 11.1. The second-order valence-electron chi connectivity index (χ2n) is 8.91. The molecule has 4 nitrogen and oxygen atoms in total. The van der Waals surface area contributed by atoms with E-state index in [4.69, 9.17) is 26.2 Å². The summed E-state index contributed by atoms with van der Waals surface area (Å²) in [5, 5.41) is 9.61. The molecule has 0 radical (unpaired) electrons. The van der Waals surface area contributed by atoms with Gasteiger partial charge in [0.05, 0.1) is 18.6 Å². The minimum Gasteiger partial charge on any atom is -0.492 e. The summed E-state index contributed by atoms with van der Waals surface area (Å²) in [6.45, 7) is 0.297. The number of carboxylic acid groups (broad SMARTS) is 1. The van der Waals surface area contributed by atoms with Crippen molar-refractivity contribution in [3.05, 3.63) is 93.0 Å². The van der Waals surface area contributed by atoms with Gasteiger partial charge in [0.2, 0.25) is 0 Å².